The van der Waals surface area contributed by atoms with Gasteiger partial charge in [0.2, 0.25) is 0 Å². The van der Waals surface area contributed by atoms with E-state index in [9.17, 15) is 24.9 Å². The Morgan fingerprint density at radius 2 is 1.89 bits per heavy atom. The molecule has 28 heavy (non-hydrogen) atoms. The first-order valence-electron chi connectivity index (χ1n) is 9.35. The van der Waals surface area contributed by atoms with E-state index in [0.717, 1.165) is 5.57 Å². The number of esters is 1. The van der Waals surface area contributed by atoms with Crippen LogP contribution in [0.5, 0.6) is 0 Å². The highest BCUT2D eigenvalue weighted by atomic mass is 16.7. The van der Waals surface area contributed by atoms with E-state index >= 15 is 0 Å². The molecule has 2 fully saturated rings. The van der Waals surface area contributed by atoms with E-state index in [1.54, 1.807) is 13.0 Å². The lowest BCUT2D eigenvalue weighted by Gasteiger charge is -2.37. The zero-order valence-electron chi connectivity index (χ0n) is 15.7. The molecule has 8 heteroatoms. The summed E-state index contributed by atoms with van der Waals surface area (Å²) in [6.45, 7) is 7.29. The van der Waals surface area contributed by atoms with Crippen molar-refractivity contribution >= 4 is 11.8 Å². The molecule has 2 heterocycles. The van der Waals surface area contributed by atoms with Crippen molar-refractivity contribution in [1.29, 1.82) is 0 Å². The Labute approximate surface area is 162 Å². The van der Waals surface area contributed by atoms with Gasteiger partial charge in [0.1, 0.15) is 24.4 Å². The minimum atomic E-state index is -1.44. The monoisotopic (exact) mass is 392 g/mol. The largest absolute Gasteiger partial charge is 0.457 e. The van der Waals surface area contributed by atoms with Gasteiger partial charge >= 0.3 is 5.97 Å². The Morgan fingerprint density at radius 1 is 1.18 bits per heavy atom. The minimum Gasteiger partial charge on any atom is -0.457 e. The molecule has 2 aliphatic carbocycles. The van der Waals surface area contributed by atoms with Crippen molar-refractivity contribution in [3.63, 3.8) is 0 Å². The van der Waals surface area contributed by atoms with Crippen LogP contribution in [0.1, 0.15) is 20.3 Å². The molecule has 0 aromatic rings. The first kappa shape index (κ1) is 19.5. The van der Waals surface area contributed by atoms with Crippen molar-refractivity contribution in [2.75, 3.05) is 6.61 Å². The molecule has 0 aromatic heterocycles. The van der Waals surface area contributed by atoms with Gasteiger partial charge in [-0.25, -0.2) is 4.79 Å². The Bertz CT molecular complexity index is 796. The second-order valence-corrected chi connectivity index (χ2v) is 7.94. The van der Waals surface area contributed by atoms with Crippen LogP contribution >= 0.6 is 0 Å². The van der Waals surface area contributed by atoms with E-state index in [1.807, 2.05) is 6.92 Å². The van der Waals surface area contributed by atoms with Gasteiger partial charge in [0.15, 0.2) is 12.1 Å². The molecule has 8 atom stereocenters. The van der Waals surface area contributed by atoms with Gasteiger partial charge in [-0.15, -0.1) is 0 Å². The molecule has 4 rings (SSSR count). The number of hydrogen-bond donors (Lipinski definition) is 3. The van der Waals surface area contributed by atoms with Crippen LogP contribution in [0.15, 0.2) is 34.9 Å². The highest BCUT2D eigenvalue weighted by Crippen LogP contribution is 2.48. The smallest absolute Gasteiger partial charge is 0.334 e. The van der Waals surface area contributed by atoms with Crippen molar-refractivity contribution < 1.29 is 39.1 Å². The van der Waals surface area contributed by atoms with Gasteiger partial charge in [0.25, 0.3) is 0 Å². The molecule has 3 N–H and O–H groups in total. The lowest BCUT2D eigenvalue weighted by atomic mass is 9.83. The lowest BCUT2D eigenvalue weighted by molar-refractivity contribution is -0.279. The average Bonchev–Trinajstić information content (AvgIpc) is 3.05. The number of fused-ring (bicyclic) bond motifs is 3. The maximum absolute atomic E-state index is 12.6. The van der Waals surface area contributed by atoms with Crippen molar-refractivity contribution in [3.8, 4) is 0 Å². The number of carbonyl (C=O) groups excluding carboxylic acids is 2. The van der Waals surface area contributed by atoms with Crippen LogP contribution in [0.25, 0.3) is 0 Å². The third-order valence-corrected chi connectivity index (χ3v) is 6.23. The molecule has 2 aliphatic heterocycles. The van der Waals surface area contributed by atoms with E-state index in [0.29, 0.717) is 23.1 Å². The van der Waals surface area contributed by atoms with Crippen LogP contribution in [0.2, 0.25) is 0 Å². The third kappa shape index (κ3) is 2.87. The fourth-order valence-electron chi connectivity index (χ4n) is 4.63. The highest BCUT2D eigenvalue weighted by Gasteiger charge is 2.52. The van der Waals surface area contributed by atoms with E-state index in [4.69, 9.17) is 14.2 Å². The summed E-state index contributed by atoms with van der Waals surface area (Å²) in [6.07, 6.45) is -4.53. The fourth-order valence-corrected chi connectivity index (χ4v) is 4.63. The lowest BCUT2D eigenvalue weighted by Crippen LogP contribution is -2.54. The number of ether oxygens (including phenoxy) is 3. The molecule has 0 unspecified atom stereocenters. The molecule has 0 spiro atoms. The molecule has 0 saturated carbocycles. The third-order valence-electron chi connectivity index (χ3n) is 6.23. The summed E-state index contributed by atoms with van der Waals surface area (Å²) in [4.78, 5) is 24.8. The topological polar surface area (TPSA) is 123 Å². The molecule has 152 valence electrons. The predicted molar refractivity (Wildman–Crippen MR) is 94.7 cm³/mol. The fraction of sp³-hybridized carbons (Fsp3) is 0.600. The van der Waals surface area contributed by atoms with Crippen LogP contribution < -0.4 is 0 Å². The van der Waals surface area contributed by atoms with Gasteiger partial charge in [0, 0.05) is 23.0 Å². The summed E-state index contributed by atoms with van der Waals surface area (Å²) < 4.78 is 16.9. The maximum atomic E-state index is 12.6. The van der Waals surface area contributed by atoms with Gasteiger partial charge in [-0.3, -0.25) is 4.79 Å². The summed E-state index contributed by atoms with van der Waals surface area (Å²) in [7, 11) is 0. The SMILES string of the molecule is C=C1C(=O)O[C@@H]2[C@H]3C(C)=CC(=O)C3=C(C)[C@H](O[C@@H]3OC[C@@H](O)[C@H](O)[C@H]3O)C[C@@H]12. The molecule has 0 aromatic carbocycles. The molecule has 0 bridgehead atoms. The summed E-state index contributed by atoms with van der Waals surface area (Å²) in [5, 5.41) is 29.7. The molecule has 2 saturated heterocycles. The molecular weight excluding hydrogens is 368 g/mol. The Balaban J connectivity index is 1.68. The normalized spacial score (nSPS) is 43.5. The van der Waals surface area contributed by atoms with Crippen LogP contribution in [-0.4, -0.2) is 70.5 Å². The molecule has 0 amide bonds. The maximum Gasteiger partial charge on any atom is 0.334 e. The summed E-state index contributed by atoms with van der Waals surface area (Å²) in [5.74, 6) is -1.32. The number of rotatable bonds is 2. The van der Waals surface area contributed by atoms with Gasteiger partial charge in [-0.05, 0) is 31.9 Å². The predicted octanol–water partition coefficient (Wildman–Crippen LogP) is -0.226. The van der Waals surface area contributed by atoms with Crippen LogP contribution in [0, 0.1) is 11.8 Å². The van der Waals surface area contributed by atoms with Crippen LogP contribution in [0.3, 0.4) is 0 Å². The van der Waals surface area contributed by atoms with Crippen LogP contribution in [0.4, 0.5) is 0 Å². The summed E-state index contributed by atoms with van der Waals surface area (Å²) in [5.41, 5.74) is 2.37. The van der Waals surface area contributed by atoms with Gasteiger partial charge in [-0.2, -0.15) is 0 Å². The Hall–Kier alpha value is -1.84. The van der Waals surface area contributed by atoms with Gasteiger partial charge < -0.3 is 29.5 Å². The van der Waals surface area contributed by atoms with Crippen LogP contribution in [-0.2, 0) is 23.8 Å². The summed E-state index contributed by atoms with van der Waals surface area (Å²) in [6, 6.07) is 0. The number of aliphatic hydroxyl groups is 3. The van der Waals surface area contributed by atoms with E-state index < -0.39 is 42.8 Å². The van der Waals surface area contributed by atoms with Gasteiger partial charge in [-0.1, -0.05) is 12.2 Å². The molecule has 0 radical (unpaired) electrons. The zero-order chi connectivity index (χ0) is 20.3. The number of allylic oxidation sites excluding steroid dienone is 1. The standard InChI is InChI=1S/C20H24O8/c1-7-4-11(21)15-9(3)13(27-20-17(24)16(23)12(22)6-26-20)5-10-8(2)19(25)28-18(10)14(7)15/h4,10,12-14,16-18,20,22-24H,2,5-6H2,1,3H3/t10-,12+,13+,14-,16-,17+,18-,20-/m0/s1. The van der Waals surface area contributed by atoms with Crippen molar-refractivity contribution in [2.45, 2.75) is 57.1 Å². The van der Waals surface area contributed by atoms with E-state index in [1.165, 1.54) is 0 Å². The van der Waals surface area contributed by atoms with Crippen molar-refractivity contribution in [3.05, 3.63) is 34.9 Å². The Morgan fingerprint density at radius 3 is 2.61 bits per heavy atom. The molecule has 4 aliphatic rings. The minimum absolute atomic E-state index is 0.150. The quantitative estimate of drug-likeness (QED) is 0.435. The Kier molecular flexibility index (Phi) is 4.79. The number of hydrogen-bond acceptors (Lipinski definition) is 8. The second kappa shape index (κ2) is 6.89. The zero-order valence-corrected chi connectivity index (χ0v) is 15.7. The summed E-state index contributed by atoms with van der Waals surface area (Å²) >= 11 is 0. The molecule has 8 nitrogen and oxygen atoms in total. The number of ketones is 1. The highest BCUT2D eigenvalue weighted by molar-refractivity contribution is 6.09. The average molecular weight is 392 g/mol. The second-order valence-electron chi connectivity index (χ2n) is 7.94. The number of carbonyl (C=O) groups is 2. The first-order chi connectivity index (χ1) is 13.2. The molecular formula is C20H24O8. The van der Waals surface area contributed by atoms with Gasteiger partial charge in [0.05, 0.1) is 12.7 Å². The number of aliphatic hydroxyl groups excluding tert-OH is 3. The van der Waals surface area contributed by atoms with Crippen molar-refractivity contribution in [2.24, 2.45) is 11.8 Å². The first-order valence-corrected chi connectivity index (χ1v) is 9.35. The van der Waals surface area contributed by atoms with E-state index in [2.05, 4.69) is 6.58 Å². The van der Waals surface area contributed by atoms with E-state index in [-0.39, 0.29) is 24.2 Å². The van der Waals surface area contributed by atoms with Crippen molar-refractivity contribution in [1.82, 2.24) is 0 Å².